The number of nitrogens with zero attached hydrogens (tertiary/aromatic N) is 2. The Morgan fingerprint density at radius 1 is 1.33 bits per heavy atom. The Morgan fingerprint density at radius 2 is 2.04 bits per heavy atom. The molecule has 0 radical (unpaired) electrons. The Hall–Kier alpha value is -1.48. The second kappa shape index (κ2) is 9.14. The van der Waals surface area contributed by atoms with Gasteiger partial charge in [0.1, 0.15) is 11.5 Å². The number of aromatic nitrogens is 2. The number of sulfonamides is 1. The third kappa shape index (κ3) is 5.07. The summed E-state index contributed by atoms with van der Waals surface area (Å²) in [5, 5.41) is 4.06. The first-order valence-electron chi connectivity index (χ1n) is 8.94. The zero-order chi connectivity index (χ0) is 18.7. The minimum absolute atomic E-state index is 0. The van der Waals surface area contributed by atoms with Gasteiger partial charge in [-0.05, 0) is 49.4 Å². The first-order valence-corrected chi connectivity index (χ1v) is 10.4. The summed E-state index contributed by atoms with van der Waals surface area (Å²) in [5.74, 6) is -0.405. The van der Waals surface area contributed by atoms with Crippen LogP contribution in [0.2, 0.25) is 0 Å². The van der Waals surface area contributed by atoms with E-state index in [1.54, 1.807) is 12.4 Å². The van der Waals surface area contributed by atoms with Crippen molar-refractivity contribution in [1.82, 2.24) is 14.5 Å². The smallest absolute Gasteiger partial charge is 0.240 e. The molecule has 0 aliphatic heterocycles. The fourth-order valence-corrected chi connectivity index (χ4v) is 4.85. The number of nitrogens with two attached hydrogens (primary N) is 1. The van der Waals surface area contributed by atoms with E-state index >= 15 is 0 Å². The molecule has 150 valence electrons. The van der Waals surface area contributed by atoms with Crippen LogP contribution in [-0.2, 0) is 10.0 Å². The summed E-state index contributed by atoms with van der Waals surface area (Å²) < 4.78 is 43.9. The van der Waals surface area contributed by atoms with Crippen molar-refractivity contribution in [2.45, 2.75) is 50.0 Å². The molecule has 1 fully saturated rings. The van der Waals surface area contributed by atoms with Crippen LogP contribution >= 0.6 is 12.4 Å². The van der Waals surface area contributed by atoms with E-state index in [9.17, 15) is 12.8 Å². The van der Waals surface area contributed by atoms with Gasteiger partial charge >= 0.3 is 0 Å². The van der Waals surface area contributed by atoms with Crippen molar-refractivity contribution in [2.24, 2.45) is 11.7 Å². The largest absolute Gasteiger partial charge is 0.329 e. The fourth-order valence-electron chi connectivity index (χ4n) is 3.53. The summed E-state index contributed by atoms with van der Waals surface area (Å²) in [7, 11) is -3.84. The van der Waals surface area contributed by atoms with Gasteiger partial charge < -0.3 is 5.73 Å². The van der Waals surface area contributed by atoms with Crippen molar-refractivity contribution in [3.8, 4) is 5.69 Å². The summed E-state index contributed by atoms with van der Waals surface area (Å²) >= 11 is 0. The molecule has 6 nitrogen and oxygen atoms in total. The molecule has 1 unspecified atom stereocenters. The molecule has 1 aromatic carbocycles. The molecule has 27 heavy (non-hydrogen) atoms. The second-order valence-electron chi connectivity index (χ2n) is 6.94. The Bertz CT molecular complexity index is 866. The van der Waals surface area contributed by atoms with E-state index in [-0.39, 0.29) is 41.5 Å². The molecule has 1 saturated carbocycles. The summed E-state index contributed by atoms with van der Waals surface area (Å²) in [5.41, 5.74) is 6.91. The molecule has 1 aliphatic carbocycles. The van der Waals surface area contributed by atoms with Gasteiger partial charge in [-0.1, -0.05) is 19.3 Å². The molecule has 0 spiro atoms. The summed E-state index contributed by atoms with van der Waals surface area (Å²) in [6.45, 7) is 2.08. The van der Waals surface area contributed by atoms with Gasteiger partial charge in [-0.3, -0.25) is 0 Å². The molecule has 0 bridgehead atoms. The van der Waals surface area contributed by atoms with E-state index < -0.39 is 15.8 Å². The SMILES string of the molecule is Cc1cnn(-c2ccc(S(=O)(=O)NC(CN)C3CCCCC3)cc2F)c1.Cl. The van der Waals surface area contributed by atoms with Gasteiger partial charge in [0.15, 0.2) is 0 Å². The van der Waals surface area contributed by atoms with Gasteiger partial charge in [-0.25, -0.2) is 22.2 Å². The van der Waals surface area contributed by atoms with Crippen molar-refractivity contribution in [3.05, 3.63) is 42.0 Å². The van der Waals surface area contributed by atoms with Crippen LogP contribution in [0.5, 0.6) is 0 Å². The highest BCUT2D eigenvalue weighted by atomic mass is 35.5. The maximum atomic E-state index is 14.5. The zero-order valence-corrected chi connectivity index (χ0v) is 16.9. The highest BCUT2D eigenvalue weighted by Gasteiger charge is 2.28. The molecule has 1 heterocycles. The minimum Gasteiger partial charge on any atom is -0.329 e. The van der Waals surface area contributed by atoms with Crippen LogP contribution < -0.4 is 10.5 Å². The number of rotatable bonds is 6. The van der Waals surface area contributed by atoms with Crippen molar-refractivity contribution < 1.29 is 12.8 Å². The molecule has 1 aliphatic rings. The first kappa shape index (κ1) is 21.8. The van der Waals surface area contributed by atoms with Crippen LogP contribution in [0.25, 0.3) is 5.69 Å². The van der Waals surface area contributed by atoms with E-state index in [0.717, 1.165) is 37.3 Å². The monoisotopic (exact) mass is 416 g/mol. The minimum atomic E-state index is -3.84. The lowest BCUT2D eigenvalue weighted by molar-refractivity contribution is 0.294. The standard InChI is InChI=1S/C18H25FN4O2S.ClH/c1-13-11-21-23(12-13)18-8-7-15(9-16(18)19)26(24,25)22-17(10-20)14-5-3-2-4-6-14;/h7-9,11-12,14,17,22H,2-6,10,20H2,1H3;1H. The Kier molecular flexibility index (Phi) is 7.39. The van der Waals surface area contributed by atoms with Crippen LogP contribution in [0, 0.1) is 18.7 Å². The van der Waals surface area contributed by atoms with Crippen LogP contribution in [0.15, 0.2) is 35.5 Å². The fraction of sp³-hybridized carbons (Fsp3) is 0.500. The quantitative estimate of drug-likeness (QED) is 0.757. The molecule has 9 heteroatoms. The summed E-state index contributed by atoms with van der Waals surface area (Å²) in [6.07, 6.45) is 8.60. The number of benzene rings is 1. The van der Waals surface area contributed by atoms with Crippen molar-refractivity contribution >= 4 is 22.4 Å². The van der Waals surface area contributed by atoms with Crippen molar-refractivity contribution in [2.75, 3.05) is 6.54 Å². The van der Waals surface area contributed by atoms with Crippen LogP contribution in [-0.4, -0.2) is 30.8 Å². The Balaban J connectivity index is 0.00000261. The maximum absolute atomic E-state index is 14.5. The van der Waals surface area contributed by atoms with Gasteiger partial charge in [0, 0.05) is 18.8 Å². The second-order valence-corrected chi connectivity index (χ2v) is 8.65. The predicted molar refractivity (Wildman–Crippen MR) is 105 cm³/mol. The molecule has 3 rings (SSSR count). The molecule has 3 N–H and O–H groups in total. The number of hydrogen-bond donors (Lipinski definition) is 2. The highest BCUT2D eigenvalue weighted by molar-refractivity contribution is 7.89. The van der Waals surface area contributed by atoms with Crippen LogP contribution in [0.3, 0.4) is 0 Å². The van der Waals surface area contributed by atoms with Gasteiger partial charge in [-0.15, -0.1) is 12.4 Å². The summed E-state index contributed by atoms with van der Waals surface area (Å²) in [4.78, 5) is -0.100. The third-order valence-electron chi connectivity index (χ3n) is 4.97. The van der Waals surface area contributed by atoms with Gasteiger partial charge in [0.2, 0.25) is 10.0 Å². The van der Waals surface area contributed by atoms with E-state index in [1.165, 1.54) is 23.2 Å². The molecule has 2 aromatic rings. The summed E-state index contributed by atoms with van der Waals surface area (Å²) in [6, 6.07) is 3.53. The molecule has 0 amide bonds. The van der Waals surface area contributed by atoms with E-state index in [1.807, 2.05) is 6.92 Å². The lowest BCUT2D eigenvalue weighted by Gasteiger charge is -2.29. The topological polar surface area (TPSA) is 90.0 Å². The normalized spacial score (nSPS) is 16.7. The molecule has 0 saturated heterocycles. The zero-order valence-electron chi connectivity index (χ0n) is 15.3. The molecule has 1 aromatic heterocycles. The number of aryl methyl sites for hydroxylation is 1. The Morgan fingerprint density at radius 3 is 2.59 bits per heavy atom. The molecule has 1 atom stereocenters. The van der Waals surface area contributed by atoms with Gasteiger partial charge in [-0.2, -0.15) is 5.10 Å². The maximum Gasteiger partial charge on any atom is 0.240 e. The molecular weight excluding hydrogens is 391 g/mol. The number of hydrogen-bond acceptors (Lipinski definition) is 4. The van der Waals surface area contributed by atoms with E-state index in [4.69, 9.17) is 5.73 Å². The highest BCUT2D eigenvalue weighted by Crippen LogP contribution is 2.27. The first-order chi connectivity index (χ1) is 12.4. The average molecular weight is 417 g/mol. The van der Waals surface area contributed by atoms with Gasteiger partial charge in [0.05, 0.1) is 11.1 Å². The van der Waals surface area contributed by atoms with Crippen LogP contribution in [0.4, 0.5) is 4.39 Å². The van der Waals surface area contributed by atoms with E-state index in [2.05, 4.69) is 9.82 Å². The van der Waals surface area contributed by atoms with Crippen molar-refractivity contribution in [1.29, 1.82) is 0 Å². The Labute approximate surface area is 165 Å². The third-order valence-corrected chi connectivity index (χ3v) is 6.45. The molecular formula is C18H26ClFN4O2S. The predicted octanol–water partition coefficient (Wildman–Crippen LogP) is 2.93. The van der Waals surface area contributed by atoms with Crippen molar-refractivity contribution in [3.63, 3.8) is 0 Å². The lowest BCUT2D eigenvalue weighted by Crippen LogP contribution is -2.45. The number of nitrogens with one attached hydrogen (secondary N) is 1. The lowest BCUT2D eigenvalue weighted by atomic mass is 9.84. The average Bonchev–Trinajstić information content (AvgIpc) is 3.06. The van der Waals surface area contributed by atoms with Crippen LogP contribution in [0.1, 0.15) is 37.7 Å². The van der Waals surface area contributed by atoms with E-state index in [0.29, 0.717) is 0 Å². The van der Waals surface area contributed by atoms with Gasteiger partial charge in [0.25, 0.3) is 0 Å². The number of halogens is 2.